The molecule has 0 aliphatic heterocycles. The molecule has 0 saturated carbocycles. The monoisotopic (exact) mass is 321 g/mol. The summed E-state index contributed by atoms with van der Waals surface area (Å²) < 4.78 is 26.6. The minimum atomic E-state index is -1.35. The van der Waals surface area contributed by atoms with E-state index < -0.39 is 29.9 Å². The molecule has 2 atom stereocenters. The number of nitrogens with zero attached hydrogens (tertiary/aromatic N) is 1. The zero-order valence-corrected chi connectivity index (χ0v) is 12.5. The molecule has 0 aliphatic carbocycles. The number of benzene rings is 2. The summed E-state index contributed by atoms with van der Waals surface area (Å²) >= 11 is 0. The molecular weight excluding hydrogens is 304 g/mol. The van der Waals surface area contributed by atoms with Gasteiger partial charge >= 0.3 is 6.09 Å². The third kappa shape index (κ3) is 4.26. The normalized spacial score (nSPS) is 13.4. The summed E-state index contributed by atoms with van der Waals surface area (Å²) in [6.45, 7) is 1.55. The van der Waals surface area contributed by atoms with Gasteiger partial charge in [-0.2, -0.15) is 0 Å². The third-order valence-corrected chi connectivity index (χ3v) is 3.62. The molecule has 0 saturated heterocycles. The van der Waals surface area contributed by atoms with E-state index in [1.54, 1.807) is 24.3 Å². The first kappa shape index (κ1) is 16.9. The van der Waals surface area contributed by atoms with Gasteiger partial charge in [0.2, 0.25) is 0 Å². The summed E-state index contributed by atoms with van der Waals surface area (Å²) in [6, 6.07) is 10.7. The zero-order valence-electron chi connectivity index (χ0n) is 12.5. The quantitative estimate of drug-likeness (QED) is 0.885. The Morgan fingerprint density at radius 1 is 1.13 bits per heavy atom. The molecule has 4 nitrogen and oxygen atoms in total. The molecule has 0 unspecified atom stereocenters. The first-order valence-electron chi connectivity index (χ1n) is 7.06. The van der Waals surface area contributed by atoms with Crippen molar-refractivity contribution < 1.29 is 23.8 Å². The molecule has 1 amide bonds. The maximum Gasteiger partial charge on any atom is 0.407 e. The van der Waals surface area contributed by atoms with Gasteiger partial charge in [-0.05, 0) is 30.2 Å². The van der Waals surface area contributed by atoms with Crippen molar-refractivity contribution in [1.29, 1.82) is 0 Å². The van der Waals surface area contributed by atoms with Crippen LogP contribution < -0.4 is 0 Å². The molecule has 0 radical (unpaired) electrons. The van der Waals surface area contributed by atoms with Crippen LogP contribution in [0, 0.1) is 11.6 Å². The van der Waals surface area contributed by atoms with Crippen LogP contribution in [0.3, 0.4) is 0 Å². The van der Waals surface area contributed by atoms with Crippen molar-refractivity contribution in [2.75, 3.05) is 0 Å². The minimum absolute atomic E-state index is 0.00527. The fraction of sp³-hybridized carbons (Fsp3) is 0.235. The molecule has 0 aliphatic rings. The lowest BCUT2D eigenvalue weighted by atomic mass is 10.0. The Morgan fingerprint density at radius 3 is 2.22 bits per heavy atom. The number of halogens is 2. The average molecular weight is 321 g/mol. The van der Waals surface area contributed by atoms with E-state index in [0.717, 1.165) is 22.6 Å². The van der Waals surface area contributed by atoms with Crippen LogP contribution in [-0.2, 0) is 6.54 Å². The van der Waals surface area contributed by atoms with E-state index >= 15 is 0 Å². The highest BCUT2D eigenvalue weighted by Gasteiger charge is 2.27. The van der Waals surface area contributed by atoms with Crippen LogP contribution in [0.15, 0.2) is 48.5 Å². The average Bonchev–Trinajstić information content (AvgIpc) is 2.51. The van der Waals surface area contributed by atoms with Gasteiger partial charge in [0, 0.05) is 12.6 Å². The second-order valence-corrected chi connectivity index (χ2v) is 5.28. The zero-order chi connectivity index (χ0) is 17.0. The molecule has 6 heteroatoms. The summed E-state index contributed by atoms with van der Waals surface area (Å²) in [5, 5.41) is 19.7. The lowest BCUT2D eigenvalue weighted by Crippen LogP contribution is -2.40. The SMILES string of the molecule is C[C@@H]([C@@H](O)c1cc(F)cc(F)c1)N(Cc1ccccc1)C(=O)O. The lowest BCUT2D eigenvalue weighted by Gasteiger charge is -2.30. The Labute approximate surface area is 132 Å². The number of hydrogen-bond donors (Lipinski definition) is 2. The molecule has 0 heterocycles. The van der Waals surface area contributed by atoms with Crippen LogP contribution in [0.5, 0.6) is 0 Å². The molecule has 122 valence electrons. The standard InChI is InChI=1S/C17H17F2NO3/c1-11(16(21)13-7-14(18)9-15(19)8-13)20(17(22)23)10-12-5-3-2-4-6-12/h2-9,11,16,21H,10H2,1H3,(H,22,23)/t11-,16+/m0/s1. The van der Waals surface area contributed by atoms with Gasteiger partial charge in [-0.25, -0.2) is 13.6 Å². The van der Waals surface area contributed by atoms with Crippen LogP contribution in [0.1, 0.15) is 24.2 Å². The summed E-state index contributed by atoms with van der Waals surface area (Å²) in [6.07, 6.45) is -2.57. The molecule has 2 N–H and O–H groups in total. The van der Waals surface area contributed by atoms with E-state index in [2.05, 4.69) is 0 Å². The number of amides is 1. The number of aliphatic hydroxyl groups excluding tert-OH is 1. The molecule has 0 aromatic heterocycles. The smallest absolute Gasteiger partial charge is 0.407 e. The fourth-order valence-corrected chi connectivity index (χ4v) is 2.36. The van der Waals surface area contributed by atoms with Gasteiger partial charge < -0.3 is 10.2 Å². The number of carbonyl (C=O) groups is 1. The molecule has 2 aromatic rings. The van der Waals surface area contributed by atoms with Crippen molar-refractivity contribution in [3.63, 3.8) is 0 Å². The first-order chi connectivity index (χ1) is 10.9. The largest absolute Gasteiger partial charge is 0.465 e. The van der Waals surface area contributed by atoms with E-state index in [9.17, 15) is 23.8 Å². The summed E-state index contributed by atoms with van der Waals surface area (Å²) in [5.41, 5.74) is 0.744. The first-order valence-corrected chi connectivity index (χ1v) is 7.06. The van der Waals surface area contributed by atoms with Crippen LogP contribution in [0.4, 0.5) is 13.6 Å². The fourth-order valence-electron chi connectivity index (χ4n) is 2.36. The molecule has 0 bridgehead atoms. The van der Waals surface area contributed by atoms with Crippen LogP contribution >= 0.6 is 0 Å². The van der Waals surface area contributed by atoms with Gasteiger partial charge in [0.1, 0.15) is 11.6 Å². The van der Waals surface area contributed by atoms with Crippen molar-refractivity contribution >= 4 is 6.09 Å². The molecular formula is C17H17F2NO3. The Kier molecular flexibility index (Phi) is 5.28. The molecule has 2 aromatic carbocycles. The van der Waals surface area contributed by atoms with Crippen LogP contribution in [0.2, 0.25) is 0 Å². The van der Waals surface area contributed by atoms with E-state index in [0.29, 0.717) is 6.07 Å². The maximum absolute atomic E-state index is 13.3. The van der Waals surface area contributed by atoms with Gasteiger partial charge in [-0.1, -0.05) is 30.3 Å². The summed E-state index contributed by atoms with van der Waals surface area (Å²) in [7, 11) is 0. The van der Waals surface area contributed by atoms with Crippen molar-refractivity contribution in [2.45, 2.75) is 25.6 Å². The second-order valence-electron chi connectivity index (χ2n) is 5.28. The molecule has 2 rings (SSSR count). The predicted molar refractivity (Wildman–Crippen MR) is 80.8 cm³/mol. The topological polar surface area (TPSA) is 60.8 Å². The van der Waals surface area contributed by atoms with E-state index in [1.807, 2.05) is 6.07 Å². The highest BCUT2D eigenvalue weighted by atomic mass is 19.1. The van der Waals surface area contributed by atoms with Crippen LogP contribution in [0.25, 0.3) is 0 Å². The van der Waals surface area contributed by atoms with Gasteiger partial charge in [0.15, 0.2) is 0 Å². The minimum Gasteiger partial charge on any atom is -0.465 e. The van der Waals surface area contributed by atoms with Gasteiger partial charge in [-0.15, -0.1) is 0 Å². The van der Waals surface area contributed by atoms with Crippen molar-refractivity contribution in [3.8, 4) is 0 Å². The Hall–Kier alpha value is -2.47. The number of hydrogen-bond acceptors (Lipinski definition) is 2. The van der Waals surface area contributed by atoms with Gasteiger partial charge in [-0.3, -0.25) is 4.90 Å². The Morgan fingerprint density at radius 2 is 1.70 bits per heavy atom. The maximum atomic E-state index is 13.3. The number of rotatable bonds is 5. The van der Waals surface area contributed by atoms with Crippen molar-refractivity contribution in [2.24, 2.45) is 0 Å². The summed E-state index contributed by atoms with van der Waals surface area (Å²) in [4.78, 5) is 12.5. The summed E-state index contributed by atoms with van der Waals surface area (Å²) in [5.74, 6) is -1.65. The van der Waals surface area contributed by atoms with E-state index in [-0.39, 0.29) is 12.1 Å². The van der Waals surface area contributed by atoms with Crippen molar-refractivity contribution in [1.82, 2.24) is 4.90 Å². The Bertz CT molecular complexity index is 659. The predicted octanol–water partition coefficient (Wildman–Crippen LogP) is 3.57. The highest BCUT2D eigenvalue weighted by molar-refractivity contribution is 5.65. The van der Waals surface area contributed by atoms with Gasteiger partial charge in [0.25, 0.3) is 0 Å². The Balaban J connectivity index is 2.23. The molecule has 0 spiro atoms. The number of aliphatic hydroxyl groups is 1. The second kappa shape index (κ2) is 7.19. The lowest BCUT2D eigenvalue weighted by molar-refractivity contribution is 0.0514. The van der Waals surface area contributed by atoms with Crippen LogP contribution in [-0.4, -0.2) is 27.2 Å². The van der Waals surface area contributed by atoms with Gasteiger partial charge in [0.05, 0.1) is 12.1 Å². The number of carboxylic acid groups (broad SMARTS) is 1. The van der Waals surface area contributed by atoms with E-state index in [1.165, 1.54) is 6.92 Å². The highest BCUT2D eigenvalue weighted by Crippen LogP contribution is 2.24. The molecule has 23 heavy (non-hydrogen) atoms. The van der Waals surface area contributed by atoms with Crippen molar-refractivity contribution in [3.05, 3.63) is 71.3 Å². The third-order valence-electron chi connectivity index (χ3n) is 3.62. The van der Waals surface area contributed by atoms with E-state index in [4.69, 9.17) is 0 Å². The molecule has 0 fully saturated rings.